The van der Waals surface area contributed by atoms with Crippen LogP contribution in [0.15, 0.2) is 107 Å². The Morgan fingerprint density at radius 2 is 0.970 bits per heavy atom. The van der Waals surface area contributed by atoms with Crippen molar-refractivity contribution in [3.8, 4) is 0 Å². The lowest BCUT2D eigenvalue weighted by Gasteiger charge is -2.05. The Bertz CT molecular complexity index is 1100. The van der Waals surface area contributed by atoms with Gasteiger partial charge in [-0.3, -0.25) is 9.97 Å². The van der Waals surface area contributed by atoms with Crippen LogP contribution in [0, 0.1) is 0 Å². The number of amidine groups is 2. The van der Waals surface area contributed by atoms with E-state index in [2.05, 4.69) is 44.2 Å². The zero-order valence-corrected chi connectivity index (χ0v) is 19.3. The van der Waals surface area contributed by atoms with Gasteiger partial charge in [0.15, 0.2) is 0 Å². The van der Waals surface area contributed by atoms with E-state index in [9.17, 15) is 0 Å². The van der Waals surface area contributed by atoms with E-state index in [1.54, 1.807) is 12.4 Å². The number of halogens is 2. The molecule has 0 bridgehead atoms. The van der Waals surface area contributed by atoms with Gasteiger partial charge in [-0.2, -0.15) is 0 Å². The number of aliphatic imine (C=N–C) groups is 2. The van der Waals surface area contributed by atoms with Gasteiger partial charge in [0.2, 0.25) is 0 Å². The summed E-state index contributed by atoms with van der Waals surface area (Å²) in [6.07, 6.45) is 4.20. The third-order valence-electron chi connectivity index (χ3n) is 4.63. The van der Waals surface area contributed by atoms with Crippen LogP contribution in [0.2, 0.25) is 0 Å². The van der Waals surface area contributed by atoms with E-state index in [0.717, 1.165) is 17.8 Å². The van der Waals surface area contributed by atoms with Gasteiger partial charge in [0.25, 0.3) is 0 Å². The first kappa shape index (κ1) is 25.5. The van der Waals surface area contributed by atoms with Gasteiger partial charge in [0, 0.05) is 12.4 Å². The number of pyridine rings is 2. The molecule has 2 heterocycles. The van der Waals surface area contributed by atoms with Crippen molar-refractivity contribution >= 4 is 47.9 Å². The molecule has 0 fully saturated rings. The Labute approximate surface area is 205 Å². The summed E-state index contributed by atoms with van der Waals surface area (Å²) in [4.78, 5) is 17.3. The average Bonchev–Trinajstić information content (AvgIpc) is 2.82. The van der Waals surface area contributed by atoms with Crippen LogP contribution < -0.4 is 11.5 Å². The van der Waals surface area contributed by atoms with Gasteiger partial charge in [-0.05, 0) is 66.1 Å². The second kappa shape index (κ2) is 12.3. The summed E-state index contributed by atoms with van der Waals surface area (Å²) in [5.74, 6) is 0.795. The highest BCUT2D eigenvalue weighted by molar-refractivity contribution is 5.97. The lowest BCUT2D eigenvalue weighted by molar-refractivity contribution is 1.19. The van der Waals surface area contributed by atoms with Crippen LogP contribution in [0.5, 0.6) is 0 Å². The maximum atomic E-state index is 6.04. The molecule has 0 saturated carbocycles. The topological polar surface area (TPSA) is 103 Å². The van der Waals surface area contributed by atoms with Gasteiger partial charge < -0.3 is 11.5 Å². The Kier molecular flexibility index (Phi) is 9.54. The second-order valence-electron chi connectivity index (χ2n) is 6.93. The Morgan fingerprint density at radius 3 is 1.30 bits per heavy atom. The van der Waals surface area contributed by atoms with Crippen molar-refractivity contribution in [2.75, 3.05) is 0 Å². The molecule has 0 amide bonds. The predicted molar refractivity (Wildman–Crippen MR) is 139 cm³/mol. The quantitative estimate of drug-likeness (QED) is 0.301. The highest BCUT2D eigenvalue weighted by Gasteiger charge is 2.02. The van der Waals surface area contributed by atoms with Crippen molar-refractivity contribution in [3.63, 3.8) is 0 Å². The molecule has 0 aliphatic carbocycles. The van der Waals surface area contributed by atoms with E-state index < -0.39 is 0 Å². The Morgan fingerprint density at radius 1 is 0.576 bits per heavy atom. The molecule has 6 nitrogen and oxygen atoms in total. The summed E-state index contributed by atoms with van der Waals surface area (Å²) in [5.41, 5.74) is 17.4. The van der Waals surface area contributed by atoms with Gasteiger partial charge in [-0.1, -0.05) is 36.4 Å². The molecule has 8 heteroatoms. The Balaban J connectivity index is 0.00000193. The van der Waals surface area contributed by atoms with E-state index in [0.29, 0.717) is 23.1 Å². The largest absolute Gasteiger partial charge is 0.382 e. The monoisotopic (exact) mass is 478 g/mol. The highest BCUT2D eigenvalue weighted by Crippen LogP contribution is 2.19. The zero-order valence-electron chi connectivity index (χ0n) is 17.7. The summed E-state index contributed by atoms with van der Waals surface area (Å²) in [6, 6.07) is 27.2. The number of rotatable bonds is 6. The fourth-order valence-electron chi connectivity index (χ4n) is 3.03. The van der Waals surface area contributed by atoms with Crippen LogP contribution in [0.4, 0.5) is 11.4 Å². The molecule has 2 aromatic heterocycles. The van der Waals surface area contributed by atoms with Crippen LogP contribution in [0.3, 0.4) is 0 Å². The third kappa shape index (κ3) is 7.14. The number of aromatic nitrogens is 2. The summed E-state index contributed by atoms with van der Waals surface area (Å²) in [5, 5.41) is 0. The van der Waals surface area contributed by atoms with E-state index >= 15 is 0 Å². The zero-order chi connectivity index (χ0) is 21.5. The SMILES string of the molecule is Cl.Cl.NC(=Nc1ccc(Cc2ccc(N=C(N)c3ccccn3)cc2)cc1)c1ccccn1. The summed E-state index contributed by atoms with van der Waals surface area (Å²) in [7, 11) is 0. The maximum absolute atomic E-state index is 6.04. The smallest absolute Gasteiger partial charge is 0.150 e. The number of hydrogen-bond acceptors (Lipinski definition) is 4. The normalized spacial score (nSPS) is 11.3. The van der Waals surface area contributed by atoms with E-state index in [1.807, 2.05) is 60.7 Å². The van der Waals surface area contributed by atoms with Crippen molar-refractivity contribution in [1.29, 1.82) is 0 Å². The van der Waals surface area contributed by atoms with E-state index in [4.69, 9.17) is 11.5 Å². The van der Waals surface area contributed by atoms with Crippen molar-refractivity contribution < 1.29 is 0 Å². The van der Waals surface area contributed by atoms with Gasteiger partial charge in [0.1, 0.15) is 23.1 Å². The van der Waals surface area contributed by atoms with Crippen LogP contribution in [0.25, 0.3) is 0 Å². The predicted octanol–water partition coefficient (Wildman–Crippen LogP) is 4.99. The lowest BCUT2D eigenvalue weighted by atomic mass is 10.0. The van der Waals surface area contributed by atoms with Crippen LogP contribution in [-0.2, 0) is 6.42 Å². The van der Waals surface area contributed by atoms with Crippen LogP contribution in [0.1, 0.15) is 22.5 Å². The molecule has 0 radical (unpaired) electrons. The Hall–Kier alpha value is -3.74. The summed E-state index contributed by atoms with van der Waals surface area (Å²) < 4.78 is 0. The first-order chi connectivity index (χ1) is 15.2. The average molecular weight is 479 g/mol. The van der Waals surface area contributed by atoms with Crippen molar-refractivity contribution in [2.45, 2.75) is 6.42 Å². The molecule has 0 aliphatic heterocycles. The van der Waals surface area contributed by atoms with Crippen LogP contribution >= 0.6 is 24.8 Å². The fourth-order valence-corrected chi connectivity index (χ4v) is 3.03. The molecule has 4 rings (SSSR count). The number of nitrogens with two attached hydrogens (primary N) is 2. The third-order valence-corrected chi connectivity index (χ3v) is 4.63. The molecule has 0 saturated heterocycles. The first-order valence-corrected chi connectivity index (χ1v) is 9.86. The molecule has 4 aromatic rings. The van der Waals surface area contributed by atoms with Gasteiger partial charge in [0.05, 0.1) is 11.4 Å². The van der Waals surface area contributed by atoms with E-state index in [1.165, 1.54) is 11.1 Å². The molecule has 0 unspecified atom stereocenters. The van der Waals surface area contributed by atoms with Gasteiger partial charge in [-0.25, -0.2) is 9.98 Å². The van der Waals surface area contributed by atoms with Gasteiger partial charge in [-0.15, -0.1) is 24.8 Å². The second-order valence-corrected chi connectivity index (χ2v) is 6.93. The fraction of sp³-hybridized carbons (Fsp3) is 0.0400. The molecule has 0 atom stereocenters. The molecule has 2 aromatic carbocycles. The molecule has 0 spiro atoms. The molecule has 4 N–H and O–H groups in total. The number of benzene rings is 2. The van der Waals surface area contributed by atoms with Gasteiger partial charge >= 0.3 is 0 Å². The number of nitrogens with zero attached hydrogens (tertiary/aromatic N) is 4. The molecule has 0 aliphatic rings. The lowest BCUT2D eigenvalue weighted by Crippen LogP contribution is -2.14. The van der Waals surface area contributed by atoms with Crippen LogP contribution in [-0.4, -0.2) is 21.6 Å². The molecule has 33 heavy (non-hydrogen) atoms. The minimum absolute atomic E-state index is 0. The minimum atomic E-state index is 0. The maximum Gasteiger partial charge on any atom is 0.150 e. The standard InChI is InChI=1S/C25H22N6.2ClH/c26-24(22-5-1-3-15-28-22)30-20-11-7-18(8-12-20)17-19-9-13-21(14-10-19)31-25(27)23-6-2-4-16-29-23;;/h1-16H,17H2,(H2,26,30)(H2,27,31);2*1H. The van der Waals surface area contributed by atoms with E-state index in [-0.39, 0.29) is 24.8 Å². The summed E-state index contributed by atoms with van der Waals surface area (Å²) in [6.45, 7) is 0. The highest BCUT2D eigenvalue weighted by atomic mass is 35.5. The van der Waals surface area contributed by atoms with Crippen molar-refractivity contribution in [1.82, 2.24) is 9.97 Å². The molecular weight excluding hydrogens is 455 g/mol. The molecular formula is C25H24Cl2N6. The first-order valence-electron chi connectivity index (χ1n) is 9.86. The van der Waals surface area contributed by atoms with Crippen molar-refractivity contribution in [2.24, 2.45) is 21.5 Å². The molecule has 168 valence electrons. The van der Waals surface area contributed by atoms with Crippen molar-refractivity contribution in [3.05, 3.63) is 120 Å². The summed E-state index contributed by atoms with van der Waals surface area (Å²) >= 11 is 0. The minimum Gasteiger partial charge on any atom is -0.382 e. The number of hydrogen-bond donors (Lipinski definition) is 2.